The Balaban J connectivity index is 2.12. The van der Waals surface area contributed by atoms with Gasteiger partial charge in [-0.2, -0.15) is 5.26 Å². The number of ether oxygens (including phenoxy) is 2. The van der Waals surface area contributed by atoms with Crippen LogP contribution in [0.1, 0.15) is 25.2 Å². The normalized spacial score (nSPS) is 11.1. The van der Waals surface area contributed by atoms with E-state index in [2.05, 4.69) is 9.97 Å². The number of amides is 1. The van der Waals surface area contributed by atoms with Gasteiger partial charge in [0.25, 0.3) is 5.91 Å². The zero-order valence-electron chi connectivity index (χ0n) is 15.2. The van der Waals surface area contributed by atoms with Crippen molar-refractivity contribution in [1.29, 1.82) is 5.26 Å². The molecule has 2 rings (SSSR count). The van der Waals surface area contributed by atoms with Crippen molar-refractivity contribution in [3.8, 4) is 11.8 Å². The molecule has 1 atom stereocenters. The van der Waals surface area contributed by atoms with Gasteiger partial charge in [-0.05, 0) is 38.1 Å². The van der Waals surface area contributed by atoms with Gasteiger partial charge in [0.1, 0.15) is 18.1 Å². The van der Waals surface area contributed by atoms with Gasteiger partial charge in [-0.15, -0.1) is 0 Å². The quantitative estimate of drug-likeness (QED) is 0.653. The van der Waals surface area contributed by atoms with Crippen LogP contribution in [0.3, 0.4) is 0 Å². The highest BCUT2D eigenvalue weighted by Gasteiger charge is 2.25. The number of rotatable bonds is 8. The summed E-state index contributed by atoms with van der Waals surface area (Å²) in [5.74, 6) is -0.158. The number of carbonyl (C=O) groups excluding carboxylic acids is 2. The van der Waals surface area contributed by atoms with Crippen LogP contribution in [0, 0.1) is 11.3 Å². The summed E-state index contributed by atoms with van der Waals surface area (Å²) in [6.07, 6.45) is 2.24. The lowest BCUT2D eigenvalue weighted by Crippen LogP contribution is -2.43. The monoisotopic (exact) mass is 368 g/mol. The van der Waals surface area contributed by atoms with Crippen molar-refractivity contribution in [3.05, 3.63) is 54.1 Å². The van der Waals surface area contributed by atoms with E-state index >= 15 is 0 Å². The van der Waals surface area contributed by atoms with E-state index in [0.717, 1.165) is 0 Å². The molecule has 0 fully saturated rings. The van der Waals surface area contributed by atoms with Crippen LogP contribution in [0.4, 0.5) is 0 Å². The Morgan fingerprint density at radius 2 is 2.00 bits per heavy atom. The van der Waals surface area contributed by atoms with E-state index < -0.39 is 18.0 Å². The molecule has 0 unspecified atom stereocenters. The van der Waals surface area contributed by atoms with Gasteiger partial charge in [-0.25, -0.2) is 9.97 Å². The minimum Gasteiger partial charge on any atom is -0.481 e. The Morgan fingerprint density at radius 3 is 2.67 bits per heavy atom. The largest absolute Gasteiger partial charge is 0.481 e. The number of nitriles is 1. The van der Waals surface area contributed by atoms with Crippen molar-refractivity contribution in [2.24, 2.45) is 0 Å². The number of hydrogen-bond donors (Lipinski definition) is 0. The molecule has 0 radical (unpaired) electrons. The second kappa shape index (κ2) is 9.87. The van der Waals surface area contributed by atoms with Crippen molar-refractivity contribution in [1.82, 2.24) is 14.9 Å². The molecule has 1 heterocycles. The Hall–Kier alpha value is -3.47. The van der Waals surface area contributed by atoms with Crippen molar-refractivity contribution in [2.75, 3.05) is 13.2 Å². The molecular formula is C19H20N4O4. The number of carbonyl (C=O) groups is 2. The second-order valence-corrected chi connectivity index (χ2v) is 5.56. The lowest BCUT2D eigenvalue weighted by Gasteiger charge is -2.24. The fourth-order valence-electron chi connectivity index (χ4n) is 2.31. The van der Waals surface area contributed by atoms with Crippen LogP contribution in [0.5, 0.6) is 5.75 Å². The molecule has 0 spiro atoms. The molecule has 0 aliphatic rings. The maximum atomic E-state index is 12.8. The molecule has 0 N–H and O–H groups in total. The summed E-state index contributed by atoms with van der Waals surface area (Å²) in [4.78, 5) is 34.2. The number of benzene rings is 1. The van der Waals surface area contributed by atoms with E-state index in [1.165, 1.54) is 4.90 Å². The summed E-state index contributed by atoms with van der Waals surface area (Å²) in [6, 6.07) is 10.2. The van der Waals surface area contributed by atoms with Gasteiger partial charge in [0, 0.05) is 12.4 Å². The van der Waals surface area contributed by atoms with E-state index in [1.807, 2.05) is 6.07 Å². The zero-order chi connectivity index (χ0) is 19.6. The van der Waals surface area contributed by atoms with Crippen LogP contribution in [0.25, 0.3) is 0 Å². The first-order valence-corrected chi connectivity index (χ1v) is 8.40. The van der Waals surface area contributed by atoms with Crippen LogP contribution >= 0.6 is 0 Å². The summed E-state index contributed by atoms with van der Waals surface area (Å²) in [6.45, 7) is 3.29. The molecular weight excluding hydrogens is 348 g/mol. The van der Waals surface area contributed by atoms with E-state index in [-0.39, 0.29) is 19.7 Å². The first kappa shape index (κ1) is 19.8. The molecule has 2 aromatic rings. The topological polar surface area (TPSA) is 105 Å². The van der Waals surface area contributed by atoms with Gasteiger partial charge >= 0.3 is 5.97 Å². The van der Waals surface area contributed by atoms with Crippen molar-refractivity contribution < 1.29 is 19.1 Å². The Bertz CT molecular complexity index is 820. The smallest absolute Gasteiger partial charge is 0.325 e. The minimum absolute atomic E-state index is 0.0461. The molecule has 0 saturated carbocycles. The third kappa shape index (κ3) is 6.08. The molecule has 0 bridgehead atoms. The van der Waals surface area contributed by atoms with Crippen LogP contribution in [-0.2, 0) is 20.9 Å². The summed E-state index contributed by atoms with van der Waals surface area (Å²) in [7, 11) is 0. The van der Waals surface area contributed by atoms with Crippen LogP contribution < -0.4 is 4.74 Å². The van der Waals surface area contributed by atoms with Crippen molar-refractivity contribution in [3.63, 3.8) is 0 Å². The number of hydrogen-bond acceptors (Lipinski definition) is 7. The summed E-state index contributed by atoms with van der Waals surface area (Å²) >= 11 is 0. The van der Waals surface area contributed by atoms with Crippen molar-refractivity contribution in [2.45, 2.75) is 26.5 Å². The average Bonchev–Trinajstić information content (AvgIpc) is 2.68. The fourth-order valence-corrected chi connectivity index (χ4v) is 2.31. The molecule has 140 valence electrons. The molecule has 0 aliphatic carbocycles. The van der Waals surface area contributed by atoms with Gasteiger partial charge in [0.15, 0.2) is 6.10 Å². The van der Waals surface area contributed by atoms with Gasteiger partial charge in [0.05, 0.1) is 24.8 Å². The molecule has 8 heteroatoms. The SMILES string of the molecule is CCOC(=O)CN(Cc1ncccn1)C(=O)[C@H](C)Oc1cccc(C#N)c1. The third-order valence-electron chi connectivity index (χ3n) is 3.51. The van der Waals surface area contributed by atoms with Crippen LogP contribution in [0.2, 0.25) is 0 Å². The second-order valence-electron chi connectivity index (χ2n) is 5.56. The zero-order valence-corrected chi connectivity index (χ0v) is 15.2. The maximum absolute atomic E-state index is 12.8. The minimum atomic E-state index is -0.878. The van der Waals surface area contributed by atoms with Gasteiger partial charge < -0.3 is 14.4 Å². The maximum Gasteiger partial charge on any atom is 0.325 e. The Kier molecular flexibility index (Phi) is 7.26. The summed E-state index contributed by atoms with van der Waals surface area (Å²) < 4.78 is 10.6. The fraction of sp³-hybridized carbons (Fsp3) is 0.316. The molecule has 1 aromatic heterocycles. The van der Waals surface area contributed by atoms with Gasteiger partial charge in [-0.3, -0.25) is 9.59 Å². The summed E-state index contributed by atoms with van der Waals surface area (Å²) in [5.41, 5.74) is 0.424. The van der Waals surface area contributed by atoms with Gasteiger partial charge in [-0.1, -0.05) is 6.07 Å². The highest BCUT2D eigenvalue weighted by molar-refractivity contribution is 5.85. The first-order valence-electron chi connectivity index (χ1n) is 8.40. The standard InChI is InChI=1S/C19H20N4O4/c1-3-26-18(24)13-23(12-17-21-8-5-9-22-17)19(25)14(2)27-16-7-4-6-15(10-16)11-20/h4-10,14H,3,12-13H2,1-2H3/t14-/m0/s1. The van der Waals surface area contributed by atoms with E-state index in [1.54, 1.807) is 56.6 Å². The van der Waals surface area contributed by atoms with E-state index in [0.29, 0.717) is 17.1 Å². The van der Waals surface area contributed by atoms with Crippen molar-refractivity contribution >= 4 is 11.9 Å². The van der Waals surface area contributed by atoms with E-state index in [4.69, 9.17) is 14.7 Å². The van der Waals surface area contributed by atoms with Crippen LogP contribution in [-0.4, -0.2) is 46.0 Å². The lowest BCUT2D eigenvalue weighted by atomic mass is 10.2. The Morgan fingerprint density at radius 1 is 1.26 bits per heavy atom. The molecule has 8 nitrogen and oxygen atoms in total. The first-order chi connectivity index (χ1) is 13.0. The van der Waals surface area contributed by atoms with E-state index in [9.17, 15) is 9.59 Å². The third-order valence-corrected chi connectivity index (χ3v) is 3.51. The average molecular weight is 368 g/mol. The predicted octanol–water partition coefficient (Wildman–Crippen LogP) is 1.71. The number of esters is 1. The van der Waals surface area contributed by atoms with Crippen LogP contribution in [0.15, 0.2) is 42.7 Å². The Labute approximate surface area is 157 Å². The van der Waals surface area contributed by atoms with Gasteiger partial charge in [0.2, 0.25) is 0 Å². The molecule has 1 aromatic carbocycles. The molecule has 0 saturated heterocycles. The predicted molar refractivity (Wildman–Crippen MR) is 95.3 cm³/mol. The lowest BCUT2D eigenvalue weighted by molar-refractivity contribution is -0.151. The molecule has 27 heavy (non-hydrogen) atoms. The number of nitrogens with zero attached hydrogens (tertiary/aromatic N) is 4. The highest BCUT2D eigenvalue weighted by Crippen LogP contribution is 2.15. The number of aromatic nitrogens is 2. The summed E-state index contributed by atoms with van der Waals surface area (Å²) in [5, 5.41) is 8.96. The molecule has 0 aliphatic heterocycles. The molecule has 1 amide bonds. The highest BCUT2D eigenvalue weighted by atomic mass is 16.5.